The van der Waals surface area contributed by atoms with Gasteiger partial charge < -0.3 is 36.3 Å². The molecule has 3 heterocycles. The highest BCUT2D eigenvalue weighted by Gasteiger charge is 2.38. The van der Waals surface area contributed by atoms with Crippen LogP contribution in [0.2, 0.25) is 0 Å². The van der Waals surface area contributed by atoms with E-state index >= 15 is 0 Å². The minimum absolute atomic E-state index is 0.0733. The third kappa shape index (κ3) is 6.16. The van der Waals surface area contributed by atoms with Crippen LogP contribution in [0, 0.1) is 0 Å². The Labute approximate surface area is 189 Å². The zero-order valence-corrected chi connectivity index (χ0v) is 18.2. The number of aromatic nitrogens is 4. The van der Waals surface area contributed by atoms with Crippen LogP contribution < -0.4 is 16.4 Å². The predicted molar refractivity (Wildman–Crippen MR) is 114 cm³/mol. The number of likely N-dealkylation sites (tertiary alicyclic amines) is 1. The van der Waals surface area contributed by atoms with Gasteiger partial charge in [-0.05, 0) is 19.8 Å². The van der Waals surface area contributed by atoms with Crippen molar-refractivity contribution >= 4 is 23.7 Å². The first kappa shape index (κ1) is 23.9. The molecule has 0 bridgehead atoms. The minimum atomic E-state index is -1.20. The molecule has 0 aromatic carbocycles. The topological polar surface area (TPSA) is 199 Å². The molecule has 4 atom stereocenters. The number of carboxylic acid groups (broad SMARTS) is 1. The Hall–Kier alpha value is -3.74. The van der Waals surface area contributed by atoms with E-state index in [2.05, 4.69) is 30.6 Å². The van der Waals surface area contributed by atoms with E-state index < -0.39 is 42.0 Å². The lowest BCUT2D eigenvalue weighted by Gasteiger charge is -2.28. The van der Waals surface area contributed by atoms with E-state index in [4.69, 9.17) is 10.8 Å². The molecule has 3 rings (SSSR count). The molecule has 0 radical (unpaired) electrons. The fourth-order valence-electron chi connectivity index (χ4n) is 3.71. The van der Waals surface area contributed by atoms with Gasteiger partial charge in [-0.3, -0.25) is 19.2 Å². The van der Waals surface area contributed by atoms with Crippen molar-refractivity contribution in [1.29, 1.82) is 0 Å². The Morgan fingerprint density at radius 2 is 1.79 bits per heavy atom. The van der Waals surface area contributed by atoms with Crippen LogP contribution in [0.5, 0.6) is 0 Å². The molecule has 2 aromatic rings. The Balaban J connectivity index is 1.68. The van der Waals surface area contributed by atoms with Gasteiger partial charge in [0.2, 0.25) is 17.7 Å². The van der Waals surface area contributed by atoms with Crippen molar-refractivity contribution in [3.8, 4) is 0 Å². The lowest BCUT2D eigenvalue weighted by Crippen LogP contribution is -2.57. The number of nitrogens with two attached hydrogens (primary N) is 1. The van der Waals surface area contributed by atoms with Gasteiger partial charge in [0.25, 0.3) is 0 Å². The molecule has 13 nitrogen and oxygen atoms in total. The Bertz CT molecular complexity index is 961. The van der Waals surface area contributed by atoms with Crippen LogP contribution in [0.4, 0.5) is 0 Å². The van der Waals surface area contributed by atoms with E-state index in [1.54, 1.807) is 6.20 Å². The molecule has 1 aliphatic rings. The molecule has 3 amide bonds. The first-order valence-corrected chi connectivity index (χ1v) is 10.6. The van der Waals surface area contributed by atoms with E-state index in [1.165, 1.54) is 30.7 Å². The second-order valence-corrected chi connectivity index (χ2v) is 7.99. The molecule has 0 saturated carbocycles. The number of nitrogens with zero attached hydrogens (tertiary/aromatic N) is 3. The number of nitrogens with one attached hydrogen (secondary N) is 4. The minimum Gasteiger partial charge on any atom is -0.480 e. The summed E-state index contributed by atoms with van der Waals surface area (Å²) in [4.78, 5) is 64.8. The van der Waals surface area contributed by atoms with Gasteiger partial charge in [0, 0.05) is 43.2 Å². The largest absolute Gasteiger partial charge is 0.480 e. The van der Waals surface area contributed by atoms with E-state index in [0.29, 0.717) is 30.8 Å². The monoisotopic (exact) mass is 460 g/mol. The summed E-state index contributed by atoms with van der Waals surface area (Å²) in [5, 5.41) is 14.1. The van der Waals surface area contributed by atoms with E-state index in [0.717, 1.165) is 0 Å². The van der Waals surface area contributed by atoms with Crippen molar-refractivity contribution in [3.63, 3.8) is 0 Å². The lowest BCUT2D eigenvalue weighted by molar-refractivity contribution is -0.142. The third-order valence-electron chi connectivity index (χ3n) is 5.49. The first-order chi connectivity index (χ1) is 15.8. The molecule has 1 fully saturated rings. The van der Waals surface area contributed by atoms with E-state index in [1.807, 2.05) is 0 Å². The summed E-state index contributed by atoms with van der Waals surface area (Å²) in [5.74, 6) is -2.72. The second kappa shape index (κ2) is 10.7. The molecule has 33 heavy (non-hydrogen) atoms. The fourth-order valence-corrected chi connectivity index (χ4v) is 3.71. The number of H-pyrrole nitrogens is 2. The quantitative estimate of drug-likeness (QED) is 0.241. The van der Waals surface area contributed by atoms with Crippen molar-refractivity contribution in [2.75, 3.05) is 6.54 Å². The number of aliphatic carboxylic acids is 1. The zero-order chi connectivity index (χ0) is 24.0. The highest BCUT2D eigenvalue weighted by atomic mass is 16.4. The van der Waals surface area contributed by atoms with Gasteiger partial charge in [0.05, 0.1) is 18.7 Å². The van der Waals surface area contributed by atoms with Gasteiger partial charge in [-0.25, -0.2) is 9.97 Å². The fraction of sp³-hybridized carbons (Fsp3) is 0.500. The van der Waals surface area contributed by atoms with Gasteiger partial charge in [-0.15, -0.1) is 0 Å². The number of amides is 3. The average molecular weight is 460 g/mol. The standard InChI is InChI=1S/C20H28N8O5/c1-11(20(32)33)26-17(29)15(6-13-8-23-10-25-13)27-18(30)16-3-2-4-28(16)19(31)14(21)5-12-7-22-9-24-12/h7-11,14-16H,2-6,21H2,1H3,(H,22,24)(H,23,25)(H,26,29)(H,27,30)(H,32,33). The van der Waals surface area contributed by atoms with Gasteiger partial charge in [-0.1, -0.05) is 0 Å². The molecule has 1 aliphatic heterocycles. The maximum Gasteiger partial charge on any atom is 0.325 e. The van der Waals surface area contributed by atoms with Gasteiger partial charge in [0.15, 0.2) is 0 Å². The molecule has 0 spiro atoms. The number of rotatable bonds is 10. The van der Waals surface area contributed by atoms with Crippen LogP contribution in [0.25, 0.3) is 0 Å². The number of aromatic amines is 2. The summed E-state index contributed by atoms with van der Waals surface area (Å²) in [5.41, 5.74) is 7.36. The molecule has 4 unspecified atom stereocenters. The van der Waals surface area contributed by atoms with Crippen LogP contribution in [0.15, 0.2) is 25.0 Å². The van der Waals surface area contributed by atoms with Crippen LogP contribution in [-0.4, -0.2) is 84.3 Å². The van der Waals surface area contributed by atoms with E-state index in [-0.39, 0.29) is 18.7 Å². The first-order valence-electron chi connectivity index (χ1n) is 10.6. The summed E-state index contributed by atoms with van der Waals surface area (Å²) in [6.07, 6.45) is 7.39. The number of hydrogen-bond donors (Lipinski definition) is 6. The number of carboxylic acids is 1. The molecule has 7 N–H and O–H groups in total. The SMILES string of the molecule is CC(NC(=O)C(Cc1cnc[nH]1)NC(=O)C1CCCN1C(=O)C(N)Cc1cnc[nH]1)C(=O)O. The smallest absolute Gasteiger partial charge is 0.325 e. The van der Waals surface area contributed by atoms with Crippen LogP contribution in [-0.2, 0) is 32.0 Å². The van der Waals surface area contributed by atoms with Gasteiger partial charge in [-0.2, -0.15) is 0 Å². The average Bonchev–Trinajstić information content (AvgIpc) is 3.54. The number of carbonyl (C=O) groups excluding carboxylic acids is 3. The van der Waals surface area contributed by atoms with Crippen LogP contribution >= 0.6 is 0 Å². The Kier molecular flexibility index (Phi) is 7.77. The molecular weight excluding hydrogens is 432 g/mol. The maximum absolute atomic E-state index is 13.1. The van der Waals surface area contributed by atoms with Gasteiger partial charge >= 0.3 is 5.97 Å². The molecule has 2 aromatic heterocycles. The Morgan fingerprint density at radius 1 is 1.15 bits per heavy atom. The van der Waals surface area contributed by atoms with Gasteiger partial charge in [0.1, 0.15) is 18.1 Å². The summed E-state index contributed by atoms with van der Waals surface area (Å²) in [7, 11) is 0. The Morgan fingerprint density at radius 3 is 2.36 bits per heavy atom. The summed E-state index contributed by atoms with van der Waals surface area (Å²) in [6.45, 7) is 1.70. The molecule has 13 heteroatoms. The molecule has 178 valence electrons. The van der Waals surface area contributed by atoms with Crippen molar-refractivity contribution in [2.24, 2.45) is 5.73 Å². The number of hydrogen-bond acceptors (Lipinski definition) is 7. The summed E-state index contributed by atoms with van der Waals surface area (Å²) < 4.78 is 0. The predicted octanol–water partition coefficient (Wildman–Crippen LogP) is -1.69. The third-order valence-corrected chi connectivity index (χ3v) is 5.49. The van der Waals surface area contributed by atoms with Crippen molar-refractivity contribution in [1.82, 2.24) is 35.5 Å². The lowest BCUT2D eigenvalue weighted by atomic mass is 10.1. The summed E-state index contributed by atoms with van der Waals surface area (Å²) in [6, 6.07) is -3.82. The normalized spacial score (nSPS) is 18.4. The van der Waals surface area contributed by atoms with Crippen molar-refractivity contribution in [2.45, 2.75) is 56.8 Å². The highest BCUT2D eigenvalue weighted by Crippen LogP contribution is 2.19. The zero-order valence-electron chi connectivity index (χ0n) is 18.2. The molecule has 0 aliphatic carbocycles. The molecular formula is C20H28N8O5. The van der Waals surface area contributed by atoms with Crippen molar-refractivity contribution in [3.05, 3.63) is 36.4 Å². The van der Waals surface area contributed by atoms with Crippen LogP contribution in [0.3, 0.4) is 0 Å². The maximum atomic E-state index is 13.1. The van der Waals surface area contributed by atoms with Crippen molar-refractivity contribution < 1.29 is 24.3 Å². The van der Waals surface area contributed by atoms with Crippen LogP contribution in [0.1, 0.15) is 31.2 Å². The highest BCUT2D eigenvalue weighted by molar-refractivity contribution is 5.94. The number of imidazole rings is 2. The van der Waals surface area contributed by atoms with E-state index in [9.17, 15) is 19.2 Å². The summed E-state index contributed by atoms with van der Waals surface area (Å²) >= 11 is 0. The second-order valence-electron chi connectivity index (χ2n) is 7.99. The number of carbonyl (C=O) groups is 4. The molecule has 1 saturated heterocycles.